The highest BCUT2D eigenvalue weighted by Crippen LogP contribution is 2.28. The van der Waals surface area contributed by atoms with E-state index < -0.39 is 0 Å². The molecule has 1 atom stereocenters. The summed E-state index contributed by atoms with van der Waals surface area (Å²) in [6.45, 7) is 4.78. The van der Waals surface area contributed by atoms with Crippen molar-refractivity contribution in [1.82, 2.24) is 0 Å². The predicted molar refractivity (Wildman–Crippen MR) is 58.6 cm³/mol. The molecule has 88 valence electrons. The lowest BCUT2D eigenvalue weighted by Gasteiger charge is -2.28. The highest BCUT2D eigenvalue weighted by molar-refractivity contribution is 5.75. The first kappa shape index (κ1) is 12.5. The Hall–Kier alpha value is -0.570. The lowest BCUT2D eigenvalue weighted by molar-refractivity contribution is -0.161. The van der Waals surface area contributed by atoms with E-state index in [0.29, 0.717) is 19.1 Å². The molecule has 0 heterocycles. The van der Waals surface area contributed by atoms with Crippen LogP contribution in [0.15, 0.2) is 0 Å². The zero-order valence-electron chi connectivity index (χ0n) is 9.83. The Balaban J connectivity index is 2.50. The number of hydrogen-bond acceptors (Lipinski definition) is 3. The molecular weight excluding hydrogens is 192 g/mol. The summed E-state index contributed by atoms with van der Waals surface area (Å²) in [4.78, 5) is 11.7. The average molecular weight is 214 g/mol. The molecule has 3 nitrogen and oxygen atoms in total. The van der Waals surface area contributed by atoms with E-state index in [1.165, 1.54) is 19.3 Å². The summed E-state index contributed by atoms with van der Waals surface area (Å²) in [5.74, 6) is 0.198. The fourth-order valence-corrected chi connectivity index (χ4v) is 2.24. The molecule has 0 aromatic heterocycles. The van der Waals surface area contributed by atoms with Gasteiger partial charge in [-0.1, -0.05) is 19.3 Å². The lowest BCUT2D eigenvalue weighted by Crippen LogP contribution is -2.35. The van der Waals surface area contributed by atoms with Crippen LogP contribution in [0.5, 0.6) is 0 Å². The third-order valence-corrected chi connectivity index (χ3v) is 2.94. The topological polar surface area (TPSA) is 35.5 Å². The maximum atomic E-state index is 11.7. The van der Waals surface area contributed by atoms with Gasteiger partial charge in [-0.05, 0) is 32.6 Å². The number of carbonyl (C=O) groups is 1. The van der Waals surface area contributed by atoms with Crippen molar-refractivity contribution in [3.8, 4) is 0 Å². The maximum absolute atomic E-state index is 11.7. The van der Waals surface area contributed by atoms with Gasteiger partial charge in [-0.15, -0.1) is 0 Å². The van der Waals surface area contributed by atoms with E-state index in [1.54, 1.807) is 0 Å². The van der Waals surface area contributed by atoms with Gasteiger partial charge in [0.25, 0.3) is 0 Å². The van der Waals surface area contributed by atoms with Gasteiger partial charge in [0.2, 0.25) is 0 Å². The summed E-state index contributed by atoms with van der Waals surface area (Å²) in [5, 5.41) is 0. The Labute approximate surface area is 92.1 Å². The van der Waals surface area contributed by atoms with Gasteiger partial charge in [0.1, 0.15) is 0 Å². The van der Waals surface area contributed by atoms with Crippen molar-refractivity contribution in [3.05, 3.63) is 0 Å². The minimum absolute atomic E-state index is 0.175. The summed E-state index contributed by atoms with van der Waals surface area (Å²) in [5.41, 5.74) is 0. The maximum Gasteiger partial charge on any atom is 0.335 e. The molecule has 1 saturated carbocycles. The zero-order chi connectivity index (χ0) is 11.1. The summed E-state index contributed by atoms with van der Waals surface area (Å²) in [6.07, 6.45) is 5.60. The van der Waals surface area contributed by atoms with Gasteiger partial charge in [-0.2, -0.15) is 0 Å². The van der Waals surface area contributed by atoms with Crippen molar-refractivity contribution >= 4 is 5.97 Å². The normalized spacial score (nSPS) is 19.9. The van der Waals surface area contributed by atoms with Gasteiger partial charge >= 0.3 is 5.97 Å². The van der Waals surface area contributed by atoms with Gasteiger partial charge in [0.15, 0.2) is 6.10 Å². The predicted octanol–water partition coefficient (Wildman–Crippen LogP) is 2.53. The number of hydrogen-bond donors (Lipinski definition) is 0. The lowest BCUT2D eigenvalue weighted by atomic mass is 9.85. The number of carbonyl (C=O) groups excluding carboxylic acids is 1. The van der Waals surface area contributed by atoms with Crippen LogP contribution in [0.1, 0.15) is 46.0 Å². The monoisotopic (exact) mass is 214 g/mol. The van der Waals surface area contributed by atoms with Crippen molar-refractivity contribution < 1.29 is 14.3 Å². The Morgan fingerprint density at radius 2 is 1.87 bits per heavy atom. The van der Waals surface area contributed by atoms with E-state index in [-0.39, 0.29) is 12.1 Å². The molecule has 0 aromatic carbocycles. The van der Waals surface area contributed by atoms with Crippen LogP contribution in [-0.2, 0) is 14.3 Å². The Kier molecular flexibility index (Phi) is 5.69. The Morgan fingerprint density at radius 1 is 1.20 bits per heavy atom. The van der Waals surface area contributed by atoms with E-state index in [4.69, 9.17) is 9.47 Å². The summed E-state index contributed by atoms with van der Waals surface area (Å²) in [6, 6.07) is 0. The SMILES string of the molecule is CCOC(=O)C(OCC)C1CCCCC1. The quantitative estimate of drug-likeness (QED) is 0.660. The Morgan fingerprint density at radius 3 is 2.40 bits per heavy atom. The molecule has 0 bridgehead atoms. The standard InChI is InChI=1S/C12H22O3/c1-3-14-11(12(13)15-4-2)10-8-6-5-7-9-10/h10-11H,3-9H2,1-2H3. The fraction of sp³-hybridized carbons (Fsp3) is 0.917. The van der Waals surface area contributed by atoms with Gasteiger partial charge in [0, 0.05) is 6.61 Å². The second-order valence-electron chi connectivity index (χ2n) is 4.03. The molecule has 15 heavy (non-hydrogen) atoms. The van der Waals surface area contributed by atoms with Crippen molar-refractivity contribution in [2.24, 2.45) is 5.92 Å². The van der Waals surface area contributed by atoms with Crippen LogP contribution in [0.25, 0.3) is 0 Å². The van der Waals surface area contributed by atoms with Crippen molar-refractivity contribution in [2.45, 2.75) is 52.1 Å². The van der Waals surface area contributed by atoms with Gasteiger partial charge in [-0.25, -0.2) is 4.79 Å². The molecule has 0 saturated heterocycles. The second-order valence-corrected chi connectivity index (χ2v) is 4.03. The first-order valence-electron chi connectivity index (χ1n) is 6.07. The molecule has 0 radical (unpaired) electrons. The summed E-state index contributed by atoms with van der Waals surface area (Å²) in [7, 11) is 0. The first-order valence-corrected chi connectivity index (χ1v) is 6.07. The van der Waals surface area contributed by atoms with Crippen LogP contribution in [0.4, 0.5) is 0 Å². The minimum Gasteiger partial charge on any atom is -0.464 e. The van der Waals surface area contributed by atoms with Gasteiger partial charge in [0.05, 0.1) is 6.61 Å². The molecule has 3 heteroatoms. The molecule has 0 spiro atoms. The molecule has 0 aliphatic heterocycles. The zero-order valence-corrected chi connectivity index (χ0v) is 9.83. The highest BCUT2D eigenvalue weighted by Gasteiger charge is 2.30. The second kappa shape index (κ2) is 6.83. The minimum atomic E-state index is -0.324. The van der Waals surface area contributed by atoms with Crippen LogP contribution < -0.4 is 0 Å². The molecule has 1 aliphatic carbocycles. The smallest absolute Gasteiger partial charge is 0.335 e. The van der Waals surface area contributed by atoms with Crippen molar-refractivity contribution in [2.75, 3.05) is 13.2 Å². The van der Waals surface area contributed by atoms with Crippen LogP contribution >= 0.6 is 0 Å². The fourth-order valence-electron chi connectivity index (χ4n) is 2.24. The molecular formula is C12H22O3. The van der Waals surface area contributed by atoms with Crippen molar-refractivity contribution in [1.29, 1.82) is 0 Å². The van der Waals surface area contributed by atoms with Crippen LogP contribution in [0.2, 0.25) is 0 Å². The summed E-state index contributed by atoms with van der Waals surface area (Å²) < 4.78 is 10.6. The van der Waals surface area contributed by atoms with E-state index in [2.05, 4.69) is 0 Å². The van der Waals surface area contributed by atoms with E-state index in [1.807, 2.05) is 13.8 Å². The summed E-state index contributed by atoms with van der Waals surface area (Å²) >= 11 is 0. The molecule has 1 fully saturated rings. The average Bonchev–Trinajstić information content (AvgIpc) is 2.27. The first-order chi connectivity index (χ1) is 7.29. The van der Waals surface area contributed by atoms with Crippen LogP contribution in [0.3, 0.4) is 0 Å². The van der Waals surface area contributed by atoms with Gasteiger partial charge < -0.3 is 9.47 Å². The number of rotatable bonds is 5. The molecule has 0 amide bonds. The third-order valence-electron chi connectivity index (χ3n) is 2.94. The third kappa shape index (κ3) is 3.82. The van der Waals surface area contributed by atoms with Crippen molar-refractivity contribution in [3.63, 3.8) is 0 Å². The van der Waals surface area contributed by atoms with Gasteiger partial charge in [-0.3, -0.25) is 0 Å². The molecule has 1 rings (SSSR count). The molecule has 0 N–H and O–H groups in total. The number of ether oxygens (including phenoxy) is 2. The largest absolute Gasteiger partial charge is 0.464 e. The number of esters is 1. The van der Waals surface area contributed by atoms with E-state index in [0.717, 1.165) is 12.8 Å². The van der Waals surface area contributed by atoms with Crippen LogP contribution in [0, 0.1) is 5.92 Å². The molecule has 1 unspecified atom stereocenters. The van der Waals surface area contributed by atoms with E-state index >= 15 is 0 Å². The molecule has 0 aromatic rings. The highest BCUT2D eigenvalue weighted by atomic mass is 16.6. The van der Waals surface area contributed by atoms with E-state index in [9.17, 15) is 4.79 Å². The Bertz CT molecular complexity index is 185. The van der Waals surface area contributed by atoms with Crippen LogP contribution in [-0.4, -0.2) is 25.3 Å². The molecule has 1 aliphatic rings.